The summed E-state index contributed by atoms with van der Waals surface area (Å²) >= 11 is 3.36. The van der Waals surface area contributed by atoms with Crippen LogP contribution >= 0.6 is 15.9 Å². The van der Waals surface area contributed by atoms with Gasteiger partial charge in [0.05, 0.1) is 0 Å². The Morgan fingerprint density at radius 2 is 1.95 bits per heavy atom. The number of hydrogen-bond donors (Lipinski definition) is 2. The van der Waals surface area contributed by atoms with Gasteiger partial charge >= 0.3 is 6.03 Å². The van der Waals surface area contributed by atoms with Crippen LogP contribution in [0.15, 0.2) is 28.7 Å². The van der Waals surface area contributed by atoms with Gasteiger partial charge in [-0.25, -0.2) is 4.79 Å². The Morgan fingerprint density at radius 3 is 2.40 bits per heavy atom. The van der Waals surface area contributed by atoms with Crippen LogP contribution in [0.5, 0.6) is 0 Å². The van der Waals surface area contributed by atoms with Crippen molar-refractivity contribution in [3.05, 3.63) is 34.3 Å². The van der Waals surface area contributed by atoms with E-state index in [1.165, 1.54) is 4.90 Å². The first-order valence-corrected chi connectivity index (χ1v) is 7.15. The van der Waals surface area contributed by atoms with Gasteiger partial charge in [-0.15, -0.1) is 0 Å². The fourth-order valence-corrected chi connectivity index (χ4v) is 1.83. The van der Waals surface area contributed by atoms with Crippen molar-refractivity contribution in [2.24, 2.45) is 0 Å². The van der Waals surface area contributed by atoms with Crippen LogP contribution in [0.2, 0.25) is 0 Å². The maximum atomic E-state index is 11.7. The maximum absolute atomic E-state index is 11.7. The van der Waals surface area contributed by atoms with Crippen molar-refractivity contribution in [1.82, 2.24) is 15.5 Å². The van der Waals surface area contributed by atoms with Gasteiger partial charge in [-0.05, 0) is 24.6 Å². The molecule has 0 aliphatic rings. The van der Waals surface area contributed by atoms with Gasteiger partial charge in [0.15, 0.2) is 0 Å². The number of benzene rings is 1. The molecular formula is C14H22BrN3O2. The number of urea groups is 1. The van der Waals surface area contributed by atoms with Crippen LogP contribution in [-0.4, -0.2) is 31.4 Å². The topological polar surface area (TPSA) is 61.4 Å². The molecule has 1 aromatic carbocycles. The van der Waals surface area contributed by atoms with Crippen LogP contribution in [0.25, 0.3) is 0 Å². The number of carbonyl (C=O) groups is 2. The van der Waals surface area contributed by atoms with E-state index in [9.17, 15) is 9.59 Å². The van der Waals surface area contributed by atoms with Crippen LogP contribution in [0.4, 0.5) is 4.79 Å². The summed E-state index contributed by atoms with van der Waals surface area (Å²) in [5.74, 6) is 0. The Hall–Kier alpha value is -1.56. The lowest BCUT2D eigenvalue weighted by Gasteiger charge is -2.32. The number of carbonyl (C=O) groups excluding carboxylic acids is 2. The third-order valence-electron chi connectivity index (χ3n) is 2.51. The van der Waals surface area contributed by atoms with E-state index in [0.717, 1.165) is 10.0 Å². The summed E-state index contributed by atoms with van der Waals surface area (Å²) in [4.78, 5) is 23.9. The van der Waals surface area contributed by atoms with E-state index < -0.39 is 5.66 Å². The van der Waals surface area contributed by atoms with E-state index in [1.807, 2.05) is 38.1 Å². The summed E-state index contributed by atoms with van der Waals surface area (Å²) in [6, 6.07) is 7.10. The zero-order valence-corrected chi connectivity index (χ0v) is 14.1. The van der Waals surface area contributed by atoms with Crippen molar-refractivity contribution in [3.8, 4) is 0 Å². The molecule has 5 nitrogen and oxygen atoms in total. The molecule has 112 valence electrons. The van der Waals surface area contributed by atoms with Crippen molar-refractivity contribution in [2.75, 3.05) is 14.1 Å². The van der Waals surface area contributed by atoms with Crippen molar-refractivity contribution < 1.29 is 9.59 Å². The van der Waals surface area contributed by atoms with Gasteiger partial charge < -0.3 is 15.5 Å². The molecule has 2 N–H and O–H groups in total. The first-order valence-electron chi connectivity index (χ1n) is 6.36. The summed E-state index contributed by atoms with van der Waals surface area (Å²) in [5.41, 5.74) is -0.174. The third-order valence-corrected chi connectivity index (χ3v) is 3.01. The van der Waals surface area contributed by atoms with Crippen molar-refractivity contribution in [2.45, 2.75) is 26.4 Å². The summed E-state index contributed by atoms with van der Waals surface area (Å²) in [5, 5.41) is 5.39. The lowest BCUT2D eigenvalue weighted by atomic mass is 10.0. The first-order chi connectivity index (χ1) is 9.39. The smallest absolute Gasteiger partial charge is 0.318 e. The minimum Gasteiger partial charge on any atom is -0.332 e. The SMILES string of the molecule is CC.CN(C)C(=O)NC(C)(NC=O)c1cccc(Br)c1. The highest BCUT2D eigenvalue weighted by atomic mass is 79.9. The average molecular weight is 344 g/mol. The van der Waals surface area contributed by atoms with E-state index in [0.29, 0.717) is 6.41 Å². The van der Waals surface area contributed by atoms with Crippen molar-refractivity contribution in [3.63, 3.8) is 0 Å². The molecule has 0 fully saturated rings. The summed E-state index contributed by atoms with van der Waals surface area (Å²) in [6.45, 7) is 5.73. The monoisotopic (exact) mass is 343 g/mol. The molecule has 0 saturated heterocycles. The maximum Gasteiger partial charge on any atom is 0.318 e. The second kappa shape index (κ2) is 8.58. The normalized spacial score (nSPS) is 12.3. The minimum atomic E-state index is -0.952. The zero-order valence-electron chi connectivity index (χ0n) is 12.5. The zero-order chi connectivity index (χ0) is 15.8. The fourth-order valence-electron chi connectivity index (χ4n) is 1.43. The van der Waals surface area contributed by atoms with E-state index in [-0.39, 0.29) is 6.03 Å². The molecule has 0 aliphatic heterocycles. The summed E-state index contributed by atoms with van der Waals surface area (Å²) in [7, 11) is 3.27. The van der Waals surface area contributed by atoms with Gasteiger partial charge in [-0.3, -0.25) is 4.79 Å². The van der Waals surface area contributed by atoms with Crippen molar-refractivity contribution >= 4 is 28.4 Å². The highest BCUT2D eigenvalue weighted by Crippen LogP contribution is 2.21. The molecule has 6 heteroatoms. The van der Waals surface area contributed by atoms with E-state index in [2.05, 4.69) is 26.6 Å². The molecule has 0 radical (unpaired) electrons. The summed E-state index contributed by atoms with van der Waals surface area (Å²) in [6.07, 6.45) is 0.566. The molecule has 20 heavy (non-hydrogen) atoms. The molecule has 0 aromatic heterocycles. The van der Waals surface area contributed by atoms with Crippen LogP contribution in [-0.2, 0) is 10.5 Å². The molecule has 0 aliphatic carbocycles. The van der Waals surface area contributed by atoms with Crippen LogP contribution in [0.3, 0.4) is 0 Å². The molecule has 0 heterocycles. The number of halogens is 1. The van der Waals surface area contributed by atoms with Crippen molar-refractivity contribution in [1.29, 1.82) is 0 Å². The highest BCUT2D eigenvalue weighted by molar-refractivity contribution is 9.10. The van der Waals surface area contributed by atoms with Gasteiger partial charge in [0.25, 0.3) is 0 Å². The quantitative estimate of drug-likeness (QED) is 0.652. The first kappa shape index (κ1) is 18.4. The highest BCUT2D eigenvalue weighted by Gasteiger charge is 2.28. The number of nitrogens with zero attached hydrogens (tertiary/aromatic N) is 1. The van der Waals surface area contributed by atoms with E-state index >= 15 is 0 Å². The Labute approximate surface area is 128 Å². The number of hydrogen-bond acceptors (Lipinski definition) is 2. The lowest BCUT2D eigenvalue weighted by Crippen LogP contribution is -2.55. The number of amides is 3. The Kier molecular flexibility index (Phi) is 7.91. The Balaban J connectivity index is 0.00000172. The molecule has 1 rings (SSSR count). The van der Waals surface area contributed by atoms with Crippen LogP contribution in [0, 0.1) is 0 Å². The van der Waals surface area contributed by atoms with E-state index in [1.54, 1.807) is 21.0 Å². The molecule has 1 unspecified atom stereocenters. The minimum absolute atomic E-state index is 0.285. The molecular weight excluding hydrogens is 322 g/mol. The van der Waals surface area contributed by atoms with Gasteiger partial charge in [0.1, 0.15) is 5.66 Å². The fraction of sp³-hybridized carbons (Fsp3) is 0.429. The average Bonchev–Trinajstić information content (AvgIpc) is 2.41. The molecule has 0 saturated carbocycles. The standard InChI is InChI=1S/C12H16BrN3O2.C2H6/c1-12(14-8-17,15-11(18)16(2)3)9-5-4-6-10(13)7-9;1-2/h4-8H,1-3H3,(H,14,17)(H,15,18);1-2H3. The second-order valence-electron chi connectivity index (χ2n) is 4.22. The predicted molar refractivity (Wildman–Crippen MR) is 84.3 cm³/mol. The molecule has 1 aromatic rings. The predicted octanol–water partition coefficient (Wildman–Crippen LogP) is 2.67. The van der Waals surface area contributed by atoms with E-state index in [4.69, 9.17) is 0 Å². The molecule has 0 spiro atoms. The van der Waals surface area contributed by atoms with Gasteiger partial charge in [-0.2, -0.15) is 0 Å². The van der Waals surface area contributed by atoms with Gasteiger partial charge in [-0.1, -0.05) is 41.9 Å². The van der Waals surface area contributed by atoms with Gasteiger partial charge in [0.2, 0.25) is 6.41 Å². The number of rotatable bonds is 4. The molecule has 0 bridgehead atoms. The lowest BCUT2D eigenvalue weighted by molar-refractivity contribution is -0.111. The summed E-state index contributed by atoms with van der Waals surface area (Å²) < 4.78 is 0.873. The molecule has 1 atom stereocenters. The third kappa shape index (κ3) is 5.21. The molecule has 3 amide bonds. The van der Waals surface area contributed by atoms with Crippen LogP contribution in [0.1, 0.15) is 26.3 Å². The Morgan fingerprint density at radius 1 is 1.35 bits per heavy atom. The Bertz CT molecular complexity index is 452. The van der Waals surface area contributed by atoms with Gasteiger partial charge in [0, 0.05) is 18.6 Å². The van der Waals surface area contributed by atoms with Crippen LogP contribution < -0.4 is 10.6 Å². The number of nitrogens with one attached hydrogen (secondary N) is 2. The second-order valence-corrected chi connectivity index (χ2v) is 5.14. The largest absolute Gasteiger partial charge is 0.332 e.